The molecule has 2 aliphatic rings. The van der Waals surface area contributed by atoms with E-state index in [2.05, 4.69) is 0 Å². The summed E-state index contributed by atoms with van der Waals surface area (Å²) in [5, 5.41) is 0. The lowest BCUT2D eigenvalue weighted by Crippen LogP contribution is -2.48. The second-order valence-corrected chi connectivity index (χ2v) is 4.53. The Kier molecular flexibility index (Phi) is 4.28. The summed E-state index contributed by atoms with van der Waals surface area (Å²) < 4.78 is 167. The summed E-state index contributed by atoms with van der Waals surface area (Å²) in [6.07, 6.45) is -2.12. The predicted octanol–water partition coefficient (Wildman–Crippen LogP) is 5.52. The molecule has 24 heavy (non-hydrogen) atoms. The van der Waals surface area contributed by atoms with Crippen molar-refractivity contribution in [1.29, 1.82) is 0 Å². The van der Waals surface area contributed by atoms with Gasteiger partial charge in [0.1, 0.15) is 0 Å². The SMILES string of the molecule is FC1=CC(F)(F)C(F)(F)C1(F)F.FC1=CC(F)(F)C(F)(F)C1(F)F. The van der Waals surface area contributed by atoms with Gasteiger partial charge in [0.05, 0.1) is 0 Å². The lowest BCUT2D eigenvalue weighted by Gasteiger charge is -2.22. The highest BCUT2D eigenvalue weighted by molar-refractivity contribution is 5.28. The van der Waals surface area contributed by atoms with Gasteiger partial charge in [-0.1, -0.05) is 0 Å². The third kappa shape index (κ3) is 2.44. The minimum atomic E-state index is -5.68. The van der Waals surface area contributed by atoms with Crippen LogP contribution < -0.4 is 0 Å². The van der Waals surface area contributed by atoms with Crippen molar-refractivity contribution in [2.45, 2.75) is 35.5 Å². The molecule has 0 atom stereocenters. The van der Waals surface area contributed by atoms with Crippen molar-refractivity contribution in [3.63, 3.8) is 0 Å². The summed E-state index contributed by atoms with van der Waals surface area (Å²) in [6, 6.07) is 0. The molecule has 0 saturated carbocycles. The van der Waals surface area contributed by atoms with Crippen molar-refractivity contribution >= 4 is 0 Å². The number of hydrogen-bond acceptors (Lipinski definition) is 0. The molecule has 0 N–H and O–H groups in total. The third-order valence-electron chi connectivity index (χ3n) is 2.84. The second-order valence-electron chi connectivity index (χ2n) is 4.53. The van der Waals surface area contributed by atoms with Crippen LogP contribution in [0, 0.1) is 0 Å². The molecule has 0 amide bonds. The largest absolute Gasteiger partial charge is 0.382 e. The van der Waals surface area contributed by atoms with E-state index >= 15 is 0 Å². The van der Waals surface area contributed by atoms with Crippen molar-refractivity contribution in [2.24, 2.45) is 0 Å². The zero-order valence-electron chi connectivity index (χ0n) is 10.4. The van der Waals surface area contributed by atoms with Crippen LogP contribution in [0.15, 0.2) is 23.8 Å². The molecule has 140 valence electrons. The monoisotopic (exact) mass is 388 g/mol. The summed E-state index contributed by atoms with van der Waals surface area (Å²) >= 11 is 0. The number of alkyl halides is 12. The maximum Gasteiger partial charge on any atom is 0.382 e. The number of rotatable bonds is 0. The predicted molar refractivity (Wildman–Crippen MR) is 48.1 cm³/mol. The van der Waals surface area contributed by atoms with Crippen LogP contribution in [0.3, 0.4) is 0 Å². The number of allylic oxidation sites excluding steroid dienone is 4. The Labute approximate surface area is 122 Å². The third-order valence-corrected chi connectivity index (χ3v) is 2.84. The molecule has 0 bridgehead atoms. The zero-order valence-corrected chi connectivity index (χ0v) is 10.4. The molecule has 0 heterocycles. The van der Waals surface area contributed by atoms with Crippen molar-refractivity contribution in [1.82, 2.24) is 0 Å². The maximum atomic E-state index is 12.0. The average Bonchev–Trinajstić information content (AvgIpc) is 2.53. The summed E-state index contributed by atoms with van der Waals surface area (Å²) in [6.45, 7) is 0. The molecule has 0 aromatic carbocycles. The highest BCUT2D eigenvalue weighted by Crippen LogP contribution is 2.56. The molecule has 2 aliphatic carbocycles. The molecular formula is C10H2F14. The van der Waals surface area contributed by atoms with Crippen molar-refractivity contribution in [2.75, 3.05) is 0 Å². The van der Waals surface area contributed by atoms with Gasteiger partial charge in [0, 0.05) is 12.2 Å². The topological polar surface area (TPSA) is 0 Å². The van der Waals surface area contributed by atoms with Gasteiger partial charge >= 0.3 is 35.5 Å². The first-order valence-corrected chi connectivity index (χ1v) is 5.30. The molecule has 0 unspecified atom stereocenters. The standard InChI is InChI=1S/2C5HF7/c2*6-2-1-3(7,8)5(11,12)4(2,9)10/h2*1H. The zero-order chi connectivity index (χ0) is 19.6. The highest BCUT2D eigenvalue weighted by atomic mass is 19.4. The van der Waals surface area contributed by atoms with Gasteiger partial charge in [-0.25, -0.2) is 8.78 Å². The van der Waals surface area contributed by atoms with Gasteiger partial charge in [0.2, 0.25) is 0 Å². The van der Waals surface area contributed by atoms with E-state index < -0.39 is 59.3 Å². The van der Waals surface area contributed by atoms with Crippen molar-refractivity contribution in [3.05, 3.63) is 23.8 Å². The summed E-state index contributed by atoms with van der Waals surface area (Å²) in [4.78, 5) is 0. The Hall–Kier alpha value is -1.50. The Morgan fingerprint density at radius 3 is 0.708 bits per heavy atom. The van der Waals surface area contributed by atoms with Crippen molar-refractivity contribution in [3.8, 4) is 0 Å². The summed E-state index contributed by atoms with van der Waals surface area (Å²) in [5.41, 5.74) is 0. The molecule has 0 radical (unpaired) electrons. The molecule has 0 aromatic rings. The second kappa shape index (κ2) is 5.00. The molecular weight excluding hydrogens is 386 g/mol. The Morgan fingerprint density at radius 2 is 0.667 bits per heavy atom. The van der Waals surface area contributed by atoms with E-state index in [0.29, 0.717) is 0 Å². The fraction of sp³-hybridized carbons (Fsp3) is 0.600. The van der Waals surface area contributed by atoms with Crippen LogP contribution in [-0.4, -0.2) is 35.5 Å². The molecule has 0 aliphatic heterocycles. The van der Waals surface area contributed by atoms with Gasteiger partial charge in [0.25, 0.3) is 0 Å². The fourth-order valence-electron chi connectivity index (χ4n) is 1.40. The van der Waals surface area contributed by atoms with Crippen LogP contribution in [0.2, 0.25) is 0 Å². The van der Waals surface area contributed by atoms with E-state index in [1.165, 1.54) is 0 Å². The minimum absolute atomic E-state index is 1.06. The molecule has 2 rings (SSSR count). The Bertz CT molecular complexity index is 528. The molecule has 0 spiro atoms. The van der Waals surface area contributed by atoms with Crippen molar-refractivity contribution < 1.29 is 61.5 Å². The van der Waals surface area contributed by atoms with E-state index in [1.807, 2.05) is 0 Å². The smallest absolute Gasteiger partial charge is 0.205 e. The van der Waals surface area contributed by atoms with Gasteiger partial charge in [-0.15, -0.1) is 0 Å². The molecule has 0 saturated heterocycles. The normalized spacial score (nSPS) is 30.1. The quantitative estimate of drug-likeness (QED) is 0.480. The first-order valence-electron chi connectivity index (χ1n) is 5.30. The van der Waals surface area contributed by atoms with Crippen LogP contribution in [0.1, 0.15) is 0 Å². The van der Waals surface area contributed by atoms with Crippen LogP contribution in [0.25, 0.3) is 0 Å². The van der Waals surface area contributed by atoms with Crippen LogP contribution in [-0.2, 0) is 0 Å². The van der Waals surface area contributed by atoms with Gasteiger partial charge in [-0.2, -0.15) is 52.7 Å². The minimum Gasteiger partial charge on any atom is -0.205 e. The van der Waals surface area contributed by atoms with Gasteiger partial charge in [0.15, 0.2) is 11.7 Å². The van der Waals surface area contributed by atoms with E-state index in [4.69, 9.17) is 0 Å². The maximum absolute atomic E-state index is 12.0. The molecule has 0 nitrogen and oxygen atoms in total. The molecule has 14 heteroatoms. The van der Waals surface area contributed by atoms with E-state index in [1.54, 1.807) is 0 Å². The highest BCUT2D eigenvalue weighted by Gasteiger charge is 2.78. The van der Waals surface area contributed by atoms with E-state index in [0.717, 1.165) is 0 Å². The van der Waals surface area contributed by atoms with Crippen LogP contribution >= 0.6 is 0 Å². The van der Waals surface area contributed by atoms with Gasteiger partial charge in [-0.05, 0) is 0 Å². The van der Waals surface area contributed by atoms with E-state index in [-0.39, 0.29) is 0 Å². The Balaban J connectivity index is 0.000000240. The number of halogens is 14. The first kappa shape index (κ1) is 20.5. The Morgan fingerprint density at radius 1 is 0.458 bits per heavy atom. The lowest BCUT2D eigenvalue weighted by molar-refractivity contribution is -0.265. The number of hydrogen-bond donors (Lipinski definition) is 0. The van der Waals surface area contributed by atoms with Crippen LogP contribution in [0.5, 0.6) is 0 Å². The van der Waals surface area contributed by atoms with Crippen LogP contribution in [0.4, 0.5) is 61.5 Å². The fourth-order valence-corrected chi connectivity index (χ4v) is 1.40. The first-order chi connectivity index (χ1) is 10.3. The summed E-state index contributed by atoms with van der Waals surface area (Å²) in [7, 11) is 0. The average molecular weight is 388 g/mol. The van der Waals surface area contributed by atoms with Gasteiger partial charge in [-0.3, -0.25) is 0 Å². The molecule has 0 fully saturated rings. The van der Waals surface area contributed by atoms with Gasteiger partial charge < -0.3 is 0 Å². The van der Waals surface area contributed by atoms with E-state index in [9.17, 15) is 61.5 Å². The lowest BCUT2D eigenvalue weighted by atomic mass is 10.2. The summed E-state index contributed by atoms with van der Waals surface area (Å²) in [5.74, 6) is -38.0. The molecule has 0 aromatic heterocycles.